The molecule has 0 heterocycles. The van der Waals surface area contributed by atoms with Crippen molar-refractivity contribution in [1.29, 1.82) is 0 Å². The number of benzene rings is 1. The summed E-state index contributed by atoms with van der Waals surface area (Å²) in [5, 5.41) is 0. The summed E-state index contributed by atoms with van der Waals surface area (Å²) in [6, 6.07) is 8.61. The van der Waals surface area contributed by atoms with Crippen LogP contribution in [0, 0.1) is 5.92 Å². The maximum Gasteiger partial charge on any atom is 0.119 e. The highest BCUT2D eigenvalue weighted by Gasteiger charge is 2.16. The topological polar surface area (TPSA) is 38.5 Å². The molecule has 108 valence electrons. The van der Waals surface area contributed by atoms with Crippen LogP contribution in [0.25, 0.3) is 0 Å². The van der Waals surface area contributed by atoms with Gasteiger partial charge in [-0.3, -0.25) is 4.90 Å². The number of hydrogen-bond acceptors (Lipinski definition) is 3. The SMILES string of the molecule is CCCOc1ccc(C(CN)N(C)CC(C)C)cc1. The van der Waals surface area contributed by atoms with Crippen molar-refractivity contribution >= 4 is 0 Å². The van der Waals surface area contributed by atoms with Gasteiger partial charge in [-0.25, -0.2) is 0 Å². The van der Waals surface area contributed by atoms with Crippen LogP contribution in [0.1, 0.15) is 38.8 Å². The van der Waals surface area contributed by atoms with E-state index in [1.165, 1.54) is 5.56 Å². The highest BCUT2D eigenvalue weighted by molar-refractivity contribution is 5.29. The highest BCUT2D eigenvalue weighted by atomic mass is 16.5. The molecule has 0 radical (unpaired) electrons. The molecular formula is C16H28N2O. The molecule has 1 atom stereocenters. The molecule has 3 nitrogen and oxygen atoms in total. The summed E-state index contributed by atoms with van der Waals surface area (Å²) in [7, 11) is 2.14. The summed E-state index contributed by atoms with van der Waals surface area (Å²) >= 11 is 0. The molecule has 19 heavy (non-hydrogen) atoms. The van der Waals surface area contributed by atoms with Crippen LogP contribution in [0.2, 0.25) is 0 Å². The van der Waals surface area contributed by atoms with E-state index in [2.05, 4.69) is 44.9 Å². The van der Waals surface area contributed by atoms with Gasteiger partial charge < -0.3 is 10.5 Å². The third kappa shape index (κ3) is 5.21. The van der Waals surface area contributed by atoms with Gasteiger partial charge in [-0.2, -0.15) is 0 Å². The Morgan fingerprint density at radius 2 is 1.84 bits per heavy atom. The monoisotopic (exact) mass is 264 g/mol. The minimum atomic E-state index is 0.280. The maximum absolute atomic E-state index is 5.93. The fraction of sp³-hybridized carbons (Fsp3) is 0.625. The molecule has 1 rings (SSSR count). The molecule has 1 unspecified atom stereocenters. The van der Waals surface area contributed by atoms with E-state index in [1.807, 2.05) is 12.1 Å². The second-order valence-electron chi connectivity index (χ2n) is 5.50. The standard InChI is InChI=1S/C16H28N2O/c1-5-10-19-15-8-6-14(7-9-15)16(11-17)18(4)12-13(2)3/h6-9,13,16H,5,10-12,17H2,1-4H3. The van der Waals surface area contributed by atoms with Crippen LogP contribution >= 0.6 is 0 Å². The molecule has 3 heteroatoms. The van der Waals surface area contributed by atoms with Crippen molar-refractivity contribution in [2.75, 3.05) is 26.7 Å². The summed E-state index contributed by atoms with van der Waals surface area (Å²) in [6.07, 6.45) is 1.03. The number of likely N-dealkylation sites (N-methyl/N-ethyl adjacent to an activating group) is 1. The smallest absolute Gasteiger partial charge is 0.119 e. The Balaban J connectivity index is 2.70. The molecule has 0 saturated carbocycles. The number of hydrogen-bond donors (Lipinski definition) is 1. The van der Waals surface area contributed by atoms with Crippen molar-refractivity contribution in [2.24, 2.45) is 11.7 Å². The first kappa shape index (κ1) is 16.0. The Kier molecular flexibility index (Phi) is 6.89. The van der Waals surface area contributed by atoms with Crippen LogP contribution in [-0.2, 0) is 0 Å². The van der Waals surface area contributed by atoms with Gasteiger partial charge in [0.25, 0.3) is 0 Å². The lowest BCUT2D eigenvalue weighted by Gasteiger charge is -2.28. The molecule has 0 spiro atoms. The van der Waals surface area contributed by atoms with Crippen LogP contribution in [0.4, 0.5) is 0 Å². The fourth-order valence-corrected chi connectivity index (χ4v) is 2.28. The zero-order chi connectivity index (χ0) is 14.3. The highest BCUT2D eigenvalue weighted by Crippen LogP contribution is 2.22. The van der Waals surface area contributed by atoms with E-state index in [9.17, 15) is 0 Å². The van der Waals surface area contributed by atoms with Crippen molar-refractivity contribution in [3.63, 3.8) is 0 Å². The lowest BCUT2D eigenvalue weighted by atomic mass is 10.0. The van der Waals surface area contributed by atoms with Crippen LogP contribution in [0.5, 0.6) is 5.75 Å². The molecule has 0 aliphatic rings. The molecule has 0 fully saturated rings. The van der Waals surface area contributed by atoms with Crippen LogP contribution in [0.3, 0.4) is 0 Å². The van der Waals surface area contributed by atoms with Gasteiger partial charge in [-0.1, -0.05) is 32.9 Å². The molecular weight excluding hydrogens is 236 g/mol. The summed E-state index contributed by atoms with van der Waals surface area (Å²) < 4.78 is 5.60. The predicted molar refractivity (Wildman–Crippen MR) is 81.5 cm³/mol. The van der Waals surface area contributed by atoms with Crippen LogP contribution < -0.4 is 10.5 Å². The zero-order valence-corrected chi connectivity index (χ0v) is 12.7. The maximum atomic E-state index is 5.93. The average molecular weight is 264 g/mol. The van der Waals surface area contributed by atoms with Gasteiger partial charge in [0.1, 0.15) is 5.75 Å². The average Bonchev–Trinajstić information content (AvgIpc) is 2.38. The van der Waals surface area contributed by atoms with E-state index in [0.29, 0.717) is 12.5 Å². The van der Waals surface area contributed by atoms with Crippen LogP contribution in [-0.4, -0.2) is 31.6 Å². The Morgan fingerprint density at radius 3 is 2.32 bits per heavy atom. The third-order valence-electron chi connectivity index (χ3n) is 3.15. The normalized spacial score (nSPS) is 13.0. The summed E-state index contributed by atoms with van der Waals surface area (Å²) in [5.74, 6) is 1.58. The molecule has 0 aliphatic heterocycles. The number of nitrogens with two attached hydrogens (primary N) is 1. The van der Waals surface area contributed by atoms with E-state index in [1.54, 1.807) is 0 Å². The predicted octanol–water partition coefficient (Wildman–Crippen LogP) is 3.06. The first-order valence-corrected chi connectivity index (χ1v) is 7.21. The first-order valence-electron chi connectivity index (χ1n) is 7.21. The molecule has 1 aromatic rings. The lowest BCUT2D eigenvalue weighted by molar-refractivity contribution is 0.223. The summed E-state index contributed by atoms with van der Waals surface area (Å²) in [6.45, 7) is 9.03. The molecule has 0 aromatic heterocycles. The lowest BCUT2D eigenvalue weighted by Crippen LogP contribution is -2.33. The molecule has 0 saturated heterocycles. The van der Waals surface area contributed by atoms with Crippen molar-refractivity contribution < 1.29 is 4.74 Å². The Morgan fingerprint density at radius 1 is 1.21 bits per heavy atom. The summed E-state index contributed by atoms with van der Waals surface area (Å²) in [4.78, 5) is 2.33. The second-order valence-corrected chi connectivity index (χ2v) is 5.50. The van der Waals surface area contributed by atoms with Gasteiger partial charge in [-0.15, -0.1) is 0 Å². The van der Waals surface area contributed by atoms with E-state index < -0.39 is 0 Å². The molecule has 1 aromatic carbocycles. The summed E-state index contributed by atoms with van der Waals surface area (Å²) in [5.41, 5.74) is 7.19. The van der Waals surface area contributed by atoms with Gasteiger partial charge in [0, 0.05) is 19.1 Å². The van der Waals surface area contributed by atoms with Gasteiger partial charge in [0.05, 0.1) is 6.61 Å². The second kappa shape index (κ2) is 8.18. The van der Waals surface area contributed by atoms with Crippen molar-refractivity contribution in [2.45, 2.75) is 33.2 Å². The quantitative estimate of drug-likeness (QED) is 0.784. The minimum absolute atomic E-state index is 0.280. The van der Waals surface area contributed by atoms with E-state index in [4.69, 9.17) is 10.5 Å². The molecule has 0 bridgehead atoms. The largest absolute Gasteiger partial charge is 0.494 e. The van der Waals surface area contributed by atoms with Gasteiger partial charge in [0.15, 0.2) is 0 Å². The van der Waals surface area contributed by atoms with Crippen LogP contribution in [0.15, 0.2) is 24.3 Å². The van der Waals surface area contributed by atoms with Gasteiger partial charge in [0.2, 0.25) is 0 Å². The van der Waals surface area contributed by atoms with Crippen molar-refractivity contribution in [3.05, 3.63) is 29.8 Å². The number of rotatable bonds is 8. The van der Waals surface area contributed by atoms with E-state index >= 15 is 0 Å². The van der Waals surface area contributed by atoms with E-state index in [0.717, 1.165) is 25.3 Å². The third-order valence-corrected chi connectivity index (χ3v) is 3.15. The Hall–Kier alpha value is -1.06. The number of nitrogens with zero attached hydrogens (tertiary/aromatic N) is 1. The Bertz CT molecular complexity index is 348. The molecule has 0 amide bonds. The zero-order valence-electron chi connectivity index (χ0n) is 12.7. The number of ether oxygens (including phenoxy) is 1. The minimum Gasteiger partial charge on any atom is -0.494 e. The molecule has 2 N–H and O–H groups in total. The Labute approximate surface area is 117 Å². The van der Waals surface area contributed by atoms with Gasteiger partial charge >= 0.3 is 0 Å². The molecule has 0 aliphatic carbocycles. The van der Waals surface area contributed by atoms with Crippen molar-refractivity contribution in [3.8, 4) is 5.75 Å². The van der Waals surface area contributed by atoms with Gasteiger partial charge in [-0.05, 0) is 37.1 Å². The van der Waals surface area contributed by atoms with E-state index in [-0.39, 0.29) is 6.04 Å². The first-order chi connectivity index (χ1) is 9.08. The van der Waals surface area contributed by atoms with Crippen molar-refractivity contribution in [1.82, 2.24) is 4.90 Å². The fourth-order valence-electron chi connectivity index (χ4n) is 2.28.